The topological polar surface area (TPSA) is 90.3 Å². The number of carbonyl (C=O) groups is 2. The summed E-state index contributed by atoms with van der Waals surface area (Å²) >= 11 is 1.17. The van der Waals surface area contributed by atoms with Gasteiger partial charge in [0, 0.05) is 16.3 Å². The number of fused-ring (bicyclic) bond motifs is 1. The first-order valence-electron chi connectivity index (χ1n) is 10.5. The summed E-state index contributed by atoms with van der Waals surface area (Å²) in [7, 11) is 0. The Labute approximate surface area is 194 Å². The van der Waals surface area contributed by atoms with E-state index in [4.69, 9.17) is 4.74 Å². The van der Waals surface area contributed by atoms with Gasteiger partial charge < -0.3 is 10.1 Å². The van der Waals surface area contributed by atoms with Crippen molar-refractivity contribution < 1.29 is 14.3 Å². The lowest BCUT2D eigenvalue weighted by atomic mass is 10.1. The van der Waals surface area contributed by atoms with Gasteiger partial charge in [-0.05, 0) is 57.5 Å². The van der Waals surface area contributed by atoms with Gasteiger partial charge in [0.15, 0.2) is 5.69 Å². The van der Waals surface area contributed by atoms with Crippen LogP contribution in [0.5, 0.6) is 0 Å². The van der Waals surface area contributed by atoms with Gasteiger partial charge in [0.1, 0.15) is 5.00 Å². The molecule has 2 aromatic heterocycles. The average molecular weight is 462 g/mol. The largest absolute Gasteiger partial charge is 0.461 e. The summed E-state index contributed by atoms with van der Waals surface area (Å²) in [6.07, 6.45) is 0. The summed E-state index contributed by atoms with van der Waals surface area (Å²) in [6, 6.07) is 12.8. The molecule has 0 fully saturated rings. The first-order valence-corrected chi connectivity index (χ1v) is 11.3. The quantitative estimate of drug-likeness (QED) is 0.431. The molecule has 2 aromatic carbocycles. The maximum Gasteiger partial charge on any atom is 0.359 e. The van der Waals surface area contributed by atoms with E-state index in [-0.39, 0.29) is 23.6 Å². The third-order valence-electron chi connectivity index (χ3n) is 5.08. The second-order valence-electron chi connectivity index (χ2n) is 7.81. The van der Waals surface area contributed by atoms with Crippen molar-refractivity contribution in [3.63, 3.8) is 0 Å². The van der Waals surface area contributed by atoms with Crippen LogP contribution in [0.1, 0.15) is 44.5 Å². The smallest absolute Gasteiger partial charge is 0.359 e. The number of aromatic nitrogens is 2. The Balaban J connectivity index is 1.89. The number of nitrogens with one attached hydrogen (secondary N) is 1. The fourth-order valence-electron chi connectivity index (χ4n) is 3.71. The normalized spacial score (nSPS) is 10.9. The number of rotatable bonds is 5. The van der Waals surface area contributed by atoms with Crippen LogP contribution in [0.3, 0.4) is 0 Å². The summed E-state index contributed by atoms with van der Waals surface area (Å²) in [5, 5.41) is 9.75. The Hall–Kier alpha value is -3.78. The van der Waals surface area contributed by atoms with Crippen LogP contribution in [0.4, 0.5) is 5.00 Å². The van der Waals surface area contributed by atoms with Gasteiger partial charge in [-0.3, -0.25) is 9.59 Å². The third kappa shape index (κ3) is 4.42. The Morgan fingerprint density at radius 1 is 1.06 bits per heavy atom. The summed E-state index contributed by atoms with van der Waals surface area (Å²) in [5.74, 6) is -0.963. The van der Waals surface area contributed by atoms with Gasteiger partial charge >= 0.3 is 5.97 Å². The number of hydrogen-bond acceptors (Lipinski definition) is 6. The lowest BCUT2D eigenvalue weighted by Crippen LogP contribution is -2.25. The highest BCUT2D eigenvalue weighted by Crippen LogP contribution is 2.31. The van der Waals surface area contributed by atoms with Crippen molar-refractivity contribution >= 4 is 39.0 Å². The van der Waals surface area contributed by atoms with E-state index in [0.29, 0.717) is 21.6 Å². The molecule has 2 heterocycles. The molecule has 0 aliphatic heterocycles. The number of carbonyl (C=O) groups excluding carboxylic acids is 2. The highest BCUT2D eigenvalue weighted by molar-refractivity contribution is 7.16. The number of hydrogen-bond donors (Lipinski definition) is 1. The predicted octanol–water partition coefficient (Wildman–Crippen LogP) is 4.80. The van der Waals surface area contributed by atoms with Gasteiger partial charge in [-0.2, -0.15) is 9.78 Å². The fourth-order valence-corrected chi connectivity index (χ4v) is 4.64. The molecular weight excluding hydrogens is 438 g/mol. The molecule has 0 radical (unpaired) electrons. The minimum atomic E-state index is -0.631. The van der Waals surface area contributed by atoms with Crippen LogP contribution in [-0.4, -0.2) is 28.3 Å². The molecule has 8 heteroatoms. The number of aryl methyl sites for hydroxylation is 3. The van der Waals surface area contributed by atoms with Gasteiger partial charge in [0.05, 0.1) is 17.7 Å². The van der Waals surface area contributed by atoms with Crippen LogP contribution in [-0.2, 0) is 4.74 Å². The van der Waals surface area contributed by atoms with Crippen molar-refractivity contribution in [2.24, 2.45) is 0 Å². The SMILES string of the molecule is CCOC(=O)c1nn(-c2cccc(C)c2)c(=O)c2c(NC(=O)c3cc(C)cc(C)c3)scc12. The average Bonchev–Trinajstić information content (AvgIpc) is 3.17. The number of ether oxygens (including phenoxy) is 1. The summed E-state index contributed by atoms with van der Waals surface area (Å²) < 4.78 is 6.36. The monoisotopic (exact) mass is 461 g/mol. The van der Waals surface area contributed by atoms with Crippen LogP contribution in [0.15, 0.2) is 52.6 Å². The van der Waals surface area contributed by atoms with Crippen LogP contribution in [0, 0.1) is 20.8 Å². The van der Waals surface area contributed by atoms with E-state index in [2.05, 4.69) is 10.4 Å². The number of thiophene rings is 1. The van der Waals surface area contributed by atoms with Crippen LogP contribution in [0.2, 0.25) is 0 Å². The maximum absolute atomic E-state index is 13.5. The standard InChI is InChI=1S/C25H23N3O4S/c1-5-32-25(31)21-19-13-33-23(26-22(29)17-10-15(3)9-16(4)11-17)20(19)24(30)28(27-21)18-8-6-7-14(2)12-18/h6-13H,5H2,1-4H3,(H,26,29). The van der Waals surface area contributed by atoms with Crippen molar-refractivity contribution in [2.45, 2.75) is 27.7 Å². The molecule has 4 rings (SSSR count). The highest BCUT2D eigenvalue weighted by atomic mass is 32.1. The molecule has 7 nitrogen and oxygen atoms in total. The molecule has 0 aliphatic carbocycles. The zero-order chi connectivity index (χ0) is 23.7. The van der Waals surface area contributed by atoms with E-state index in [1.807, 2.05) is 39.0 Å². The highest BCUT2D eigenvalue weighted by Gasteiger charge is 2.23. The minimum Gasteiger partial charge on any atom is -0.461 e. The summed E-state index contributed by atoms with van der Waals surface area (Å²) in [4.78, 5) is 39.1. The molecule has 0 aliphatic rings. The zero-order valence-corrected chi connectivity index (χ0v) is 19.6. The molecular formula is C25H23N3O4S. The molecule has 0 bridgehead atoms. The molecule has 168 valence electrons. The number of esters is 1. The number of nitrogens with zero attached hydrogens (tertiary/aromatic N) is 2. The van der Waals surface area contributed by atoms with Crippen molar-refractivity contribution in [1.82, 2.24) is 9.78 Å². The third-order valence-corrected chi connectivity index (χ3v) is 5.97. The van der Waals surface area contributed by atoms with Crippen molar-refractivity contribution in [3.8, 4) is 5.69 Å². The second kappa shape index (κ2) is 8.99. The molecule has 1 amide bonds. The van der Waals surface area contributed by atoms with Crippen molar-refractivity contribution in [3.05, 3.63) is 86.1 Å². The van der Waals surface area contributed by atoms with E-state index >= 15 is 0 Å². The number of amides is 1. The molecule has 4 aromatic rings. The van der Waals surface area contributed by atoms with Crippen molar-refractivity contribution in [1.29, 1.82) is 0 Å². The van der Waals surface area contributed by atoms with E-state index in [0.717, 1.165) is 16.7 Å². The molecule has 1 N–H and O–H groups in total. The summed E-state index contributed by atoms with van der Waals surface area (Å²) in [5.41, 5.74) is 3.47. The minimum absolute atomic E-state index is 0.0242. The van der Waals surface area contributed by atoms with Gasteiger partial charge in [-0.15, -0.1) is 11.3 Å². The van der Waals surface area contributed by atoms with Crippen LogP contribution >= 0.6 is 11.3 Å². The van der Waals surface area contributed by atoms with E-state index < -0.39 is 11.5 Å². The van der Waals surface area contributed by atoms with Crippen LogP contribution < -0.4 is 10.9 Å². The van der Waals surface area contributed by atoms with E-state index in [1.54, 1.807) is 36.6 Å². The lowest BCUT2D eigenvalue weighted by Gasteiger charge is -2.10. The van der Waals surface area contributed by atoms with E-state index in [1.165, 1.54) is 16.0 Å². The van der Waals surface area contributed by atoms with Gasteiger partial charge in [-0.25, -0.2) is 4.79 Å². The van der Waals surface area contributed by atoms with E-state index in [9.17, 15) is 14.4 Å². The van der Waals surface area contributed by atoms with Crippen LogP contribution in [0.25, 0.3) is 16.5 Å². The molecule has 0 unspecified atom stereocenters. The second-order valence-corrected chi connectivity index (χ2v) is 8.69. The Morgan fingerprint density at radius 2 is 1.79 bits per heavy atom. The maximum atomic E-state index is 13.5. The fraction of sp³-hybridized carbons (Fsp3) is 0.200. The number of benzene rings is 2. The molecule has 0 atom stereocenters. The van der Waals surface area contributed by atoms with Gasteiger partial charge in [-0.1, -0.05) is 29.3 Å². The van der Waals surface area contributed by atoms with Gasteiger partial charge in [0.2, 0.25) is 0 Å². The number of anilines is 1. The molecule has 0 saturated heterocycles. The van der Waals surface area contributed by atoms with Crippen molar-refractivity contribution in [2.75, 3.05) is 11.9 Å². The Morgan fingerprint density at radius 3 is 2.45 bits per heavy atom. The predicted molar refractivity (Wildman–Crippen MR) is 130 cm³/mol. The van der Waals surface area contributed by atoms with Gasteiger partial charge in [0.25, 0.3) is 11.5 Å². The zero-order valence-electron chi connectivity index (χ0n) is 18.8. The Bertz CT molecular complexity index is 1430. The first-order chi connectivity index (χ1) is 15.8. The Kier molecular flexibility index (Phi) is 6.11. The molecule has 0 saturated carbocycles. The lowest BCUT2D eigenvalue weighted by molar-refractivity contribution is 0.0520. The molecule has 33 heavy (non-hydrogen) atoms. The summed E-state index contributed by atoms with van der Waals surface area (Å²) in [6.45, 7) is 7.62. The molecule has 0 spiro atoms. The first kappa shape index (κ1) is 22.4.